The first-order valence-corrected chi connectivity index (χ1v) is 10.1. The van der Waals surface area contributed by atoms with Gasteiger partial charge in [-0.3, -0.25) is 0 Å². The maximum Gasteiger partial charge on any atom is 0.315 e. The third-order valence-electron chi connectivity index (χ3n) is 4.63. The van der Waals surface area contributed by atoms with E-state index in [1.54, 1.807) is 11.3 Å². The molecule has 26 heavy (non-hydrogen) atoms. The number of benzene rings is 1. The largest absolute Gasteiger partial charge is 0.396 e. The summed E-state index contributed by atoms with van der Waals surface area (Å²) < 4.78 is 0. The third kappa shape index (κ3) is 5.13. The molecule has 2 aromatic rings. The Morgan fingerprint density at radius 3 is 2.62 bits per heavy atom. The summed E-state index contributed by atoms with van der Waals surface area (Å²) >= 11 is 7.53. The molecule has 1 aromatic heterocycles. The number of aliphatic hydroxyl groups is 1. The van der Waals surface area contributed by atoms with Crippen molar-refractivity contribution < 1.29 is 9.90 Å². The van der Waals surface area contributed by atoms with Crippen molar-refractivity contribution in [3.8, 4) is 0 Å². The number of nitrogens with one attached hydrogen (secondary N) is 2. The minimum absolute atomic E-state index is 0.0440. The number of aliphatic hydroxyl groups excluding tert-OH is 1. The highest BCUT2D eigenvalue weighted by molar-refractivity contribution is 7.10. The van der Waals surface area contributed by atoms with Gasteiger partial charge in [0.15, 0.2) is 0 Å². The van der Waals surface area contributed by atoms with E-state index in [9.17, 15) is 9.90 Å². The summed E-state index contributed by atoms with van der Waals surface area (Å²) in [7, 11) is 0. The van der Waals surface area contributed by atoms with E-state index in [1.165, 1.54) is 0 Å². The van der Waals surface area contributed by atoms with E-state index >= 15 is 0 Å². The van der Waals surface area contributed by atoms with Crippen LogP contribution in [-0.4, -0.2) is 36.9 Å². The van der Waals surface area contributed by atoms with Gasteiger partial charge >= 0.3 is 6.03 Å². The molecule has 2 amide bonds. The number of hydrogen-bond donors (Lipinski definition) is 3. The molecule has 1 saturated heterocycles. The quantitative estimate of drug-likeness (QED) is 0.699. The van der Waals surface area contributed by atoms with Crippen LogP contribution in [0.5, 0.6) is 0 Å². The molecule has 3 N–H and O–H groups in total. The summed E-state index contributed by atoms with van der Waals surface area (Å²) in [6, 6.07) is 11.7. The Labute approximate surface area is 163 Å². The monoisotopic (exact) mass is 393 g/mol. The zero-order valence-electron chi connectivity index (χ0n) is 14.5. The highest BCUT2D eigenvalue weighted by atomic mass is 35.5. The van der Waals surface area contributed by atoms with Gasteiger partial charge in [-0.2, -0.15) is 0 Å². The normalized spacial score (nSPS) is 16.3. The minimum Gasteiger partial charge on any atom is -0.396 e. The van der Waals surface area contributed by atoms with Gasteiger partial charge in [0, 0.05) is 41.3 Å². The SMILES string of the molecule is O=C(NC1CCN(c2ccc(Cl)cc2)CC1)NC(CCO)c1cccs1. The molecule has 1 aliphatic rings. The molecule has 1 fully saturated rings. The Balaban J connectivity index is 1.47. The fraction of sp³-hybridized carbons (Fsp3) is 0.421. The molecule has 0 aliphatic carbocycles. The number of urea groups is 1. The predicted octanol–water partition coefficient (Wildman–Crippen LogP) is 3.79. The van der Waals surface area contributed by atoms with E-state index in [0.717, 1.165) is 41.5 Å². The van der Waals surface area contributed by atoms with Crippen molar-refractivity contribution in [2.45, 2.75) is 31.3 Å². The number of nitrogens with zero attached hydrogens (tertiary/aromatic N) is 1. The van der Waals surface area contributed by atoms with Gasteiger partial charge < -0.3 is 20.6 Å². The molecule has 1 unspecified atom stereocenters. The van der Waals surface area contributed by atoms with Crippen LogP contribution >= 0.6 is 22.9 Å². The molecule has 3 rings (SSSR count). The number of anilines is 1. The lowest BCUT2D eigenvalue weighted by atomic mass is 10.0. The average molecular weight is 394 g/mol. The second-order valence-corrected chi connectivity index (χ2v) is 7.85. The number of thiophene rings is 1. The van der Waals surface area contributed by atoms with Crippen LogP contribution in [0.2, 0.25) is 5.02 Å². The minimum atomic E-state index is -0.165. The van der Waals surface area contributed by atoms with Crippen LogP contribution in [-0.2, 0) is 0 Å². The summed E-state index contributed by atoms with van der Waals surface area (Å²) in [5, 5.41) is 18.0. The van der Waals surface area contributed by atoms with Gasteiger partial charge in [0.2, 0.25) is 0 Å². The molecule has 0 radical (unpaired) electrons. The molecule has 140 valence electrons. The molecule has 1 atom stereocenters. The third-order valence-corrected chi connectivity index (χ3v) is 5.87. The highest BCUT2D eigenvalue weighted by Gasteiger charge is 2.22. The van der Waals surface area contributed by atoms with Gasteiger partial charge in [-0.25, -0.2) is 4.79 Å². The van der Waals surface area contributed by atoms with Crippen molar-refractivity contribution >= 4 is 34.7 Å². The van der Waals surface area contributed by atoms with E-state index in [4.69, 9.17) is 11.6 Å². The number of amides is 2. The summed E-state index contributed by atoms with van der Waals surface area (Å²) in [5.41, 5.74) is 1.16. The summed E-state index contributed by atoms with van der Waals surface area (Å²) in [5.74, 6) is 0. The lowest BCUT2D eigenvalue weighted by molar-refractivity contribution is 0.224. The van der Waals surface area contributed by atoms with Gasteiger partial charge in [-0.05, 0) is 55.0 Å². The predicted molar refractivity (Wildman–Crippen MR) is 107 cm³/mol. The number of rotatable bonds is 6. The topological polar surface area (TPSA) is 64.6 Å². The summed E-state index contributed by atoms with van der Waals surface area (Å²) in [6.45, 7) is 1.84. The molecule has 7 heteroatoms. The Morgan fingerprint density at radius 2 is 2.00 bits per heavy atom. The van der Waals surface area contributed by atoms with Gasteiger partial charge in [0.1, 0.15) is 0 Å². The van der Waals surface area contributed by atoms with Crippen LogP contribution in [0.3, 0.4) is 0 Å². The summed E-state index contributed by atoms with van der Waals surface area (Å²) in [6.07, 6.45) is 2.32. The van der Waals surface area contributed by atoms with E-state index in [2.05, 4.69) is 15.5 Å². The molecule has 0 spiro atoms. The standard InChI is InChI=1S/C19H24ClN3O2S/c20-14-3-5-16(6-4-14)23-10-7-15(8-11-23)21-19(25)22-17(9-12-24)18-2-1-13-26-18/h1-6,13,15,17,24H,7-12H2,(H2,21,22,25). The summed E-state index contributed by atoms with van der Waals surface area (Å²) in [4.78, 5) is 15.7. The number of piperidine rings is 1. The second kappa shape index (κ2) is 9.26. The van der Waals surface area contributed by atoms with Gasteiger partial charge in [-0.1, -0.05) is 17.7 Å². The van der Waals surface area contributed by atoms with Crippen molar-refractivity contribution in [2.24, 2.45) is 0 Å². The second-order valence-electron chi connectivity index (χ2n) is 6.44. The first-order chi connectivity index (χ1) is 12.7. The zero-order valence-corrected chi connectivity index (χ0v) is 16.1. The number of halogens is 1. The molecule has 5 nitrogen and oxygen atoms in total. The van der Waals surface area contributed by atoms with Crippen molar-refractivity contribution in [1.82, 2.24) is 10.6 Å². The van der Waals surface area contributed by atoms with Crippen molar-refractivity contribution in [2.75, 3.05) is 24.6 Å². The fourth-order valence-corrected chi connectivity index (χ4v) is 4.16. The molecular weight excluding hydrogens is 370 g/mol. The first-order valence-electron chi connectivity index (χ1n) is 8.87. The van der Waals surface area contributed by atoms with E-state index in [1.807, 2.05) is 41.8 Å². The lowest BCUT2D eigenvalue weighted by Gasteiger charge is -2.34. The van der Waals surface area contributed by atoms with E-state index in [0.29, 0.717) is 6.42 Å². The Kier molecular flexibility index (Phi) is 6.77. The number of hydrogen-bond acceptors (Lipinski definition) is 4. The van der Waals surface area contributed by atoms with Crippen molar-refractivity contribution in [3.05, 3.63) is 51.7 Å². The highest BCUT2D eigenvalue weighted by Crippen LogP contribution is 2.23. The zero-order chi connectivity index (χ0) is 18.4. The Hall–Kier alpha value is -1.76. The van der Waals surface area contributed by atoms with Crippen LogP contribution < -0.4 is 15.5 Å². The molecule has 0 saturated carbocycles. The average Bonchev–Trinajstić information content (AvgIpc) is 3.17. The molecular formula is C19H24ClN3O2S. The van der Waals surface area contributed by atoms with Crippen LogP contribution in [0.1, 0.15) is 30.2 Å². The van der Waals surface area contributed by atoms with Gasteiger partial charge in [0.25, 0.3) is 0 Å². The molecule has 0 bridgehead atoms. The number of carbonyl (C=O) groups is 1. The van der Waals surface area contributed by atoms with E-state index in [-0.39, 0.29) is 24.7 Å². The van der Waals surface area contributed by atoms with Crippen LogP contribution in [0.15, 0.2) is 41.8 Å². The van der Waals surface area contributed by atoms with Crippen molar-refractivity contribution in [3.63, 3.8) is 0 Å². The maximum absolute atomic E-state index is 12.4. The molecule has 1 aromatic carbocycles. The van der Waals surface area contributed by atoms with Crippen molar-refractivity contribution in [1.29, 1.82) is 0 Å². The first kappa shape index (κ1) is 19.0. The molecule has 2 heterocycles. The smallest absolute Gasteiger partial charge is 0.315 e. The molecule has 1 aliphatic heterocycles. The van der Waals surface area contributed by atoms with Crippen LogP contribution in [0.4, 0.5) is 10.5 Å². The Bertz CT molecular complexity index is 685. The van der Waals surface area contributed by atoms with Crippen LogP contribution in [0.25, 0.3) is 0 Å². The van der Waals surface area contributed by atoms with E-state index < -0.39 is 0 Å². The Morgan fingerprint density at radius 1 is 1.27 bits per heavy atom. The van der Waals surface area contributed by atoms with Gasteiger partial charge in [-0.15, -0.1) is 11.3 Å². The van der Waals surface area contributed by atoms with Gasteiger partial charge in [0.05, 0.1) is 6.04 Å². The van der Waals surface area contributed by atoms with Crippen LogP contribution in [0, 0.1) is 0 Å². The number of carbonyl (C=O) groups excluding carboxylic acids is 1. The fourth-order valence-electron chi connectivity index (χ4n) is 3.22. The lowest BCUT2D eigenvalue weighted by Crippen LogP contribution is -2.48. The maximum atomic E-state index is 12.4.